The minimum atomic E-state index is -4.02. The fraction of sp³-hybridized carbons (Fsp3) is 0.296. The Labute approximate surface area is 206 Å². The number of hydrogen-bond acceptors (Lipinski definition) is 4. The molecule has 0 aliphatic carbocycles. The van der Waals surface area contributed by atoms with Gasteiger partial charge in [-0.05, 0) is 72.9 Å². The van der Waals surface area contributed by atoms with E-state index < -0.39 is 28.3 Å². The number of anilines is 2. The molecule has 35 heavy (non-hydrogen) atoms. The molecule has 1 aliphatic heterocycles. The second-order valence-corrected chi connectivity index (χ2v) is 10.8. The van der Waals surface area contributed by atoms with E-state index in [1.165, 1.54) is 54.9 Å². The van der Waals surface area contributed by atoms with Crippen molar-refractivity contribution in [2.24, 2.45) is 5.92 Å². The first-order chi connectivity index (χ1) is 16.8. The molecule has 0 saturated carbocycles. The van der Waals surface area contributed by atoms with Crippen molar-refractivity contribution < 1.29 is 17.6 Å². The van der Waals surface area contributed by atoms with E-state index >= 15 is 0 Å². The fourth-order valence-electron chi connectivity index (χ4n) is 4.28. The van der Waals surface area contributed by atoms with Crippen molar-refractivity contribution in [1.29, 1.82) is 0 Å². The summed E-state index contributed by atoms with van der Waals surface area (Å²) in [6, 6.07) is 21.0. The largest absolute Gasteiger partial charge is 0.371 e. The van der Waals surface area contributed by atoms with Gasteiger partial charge in [0.05, 0.1) is 10.6 Å². The van der Waals surface area contributed by atoms with Crippen LogP contribution in [0, 0.1) is 11.7 Å². The van der Waals surface area contributed by atoms with Crippen LogP contribution in [0.1, 0.15) is 25.3 Å². The zero-order valence-corrected chi connectivity index (χ0v) is 20.5. The third kappa shape index (κ3) is 6.19. The Morgan fingerprint density at radius 1 is 1.03 bits per heavy atom. The van der Waals surface area contributed by atoms with Gasteiger partial charge in [0.1, 0.15) is 12.4 Å². The standard InChI is InChI=1S/C27H30FN3O3S/c1-21-6-5-17-30(19-21)24-13-9-22(10-14-24)18-29-27(32)20-31(25-15-11-23(28)12-16-25)35(33,34)26-7-3-2-4-8-26/h2-4,7-16,21H,5-6,17-20H2,1H3,(H,29,32). The lowest BCUT2D eigenvalue weighted by molar-refractivity contribution is -0.119. The maximum absolute atomic E-state index is 13.5. The molecule has 0 bridgehead atoms. The van der Waals surface area contributed by atoms with E-state index in [2.05, 4.69) is 29.3 Å². The Kier molecular flexibility index (Phi) is 7.70. The van der Waals surface area contributed by atoms with E-state index in [0.29, 0.717) is 5.92 Å². The number of nitrogens with one attached hydrogen (secondary N) is 1. The van der Waals surface area contributed by atoms with Gasteiger partial charge in [-0.3, -0.25) is 9.10 Å². The molecule has 8 heteroatoms. The summed E-state index contributed by atoms with van der Waals surface area (Å²) < 4.78 is 41.0. The van der Waals surface area contributed by atoms with Gasteiger partial charge in [-0.2, -0.15) is 0 Å². The minimum absolute atomic E-state index is 0.0553. The molecule has 0 radical (unpaired) electrons. The number of carbonyl (C=O) groups excluding carboxylic acids is 1. The van der Waals surface area contributed by atoms with Gasteiger partial charge < -0.3 is 10.2 Å². The van der Waals surface area contributed by atoms with Gasteiger partial charge in [0, 0.05) is 25.3 Å². The van der Waals surface area contributed by atoms with Crippen molar-refractivity contribution in [1.82, 2.24) is 5.32 Å². The highest BCUT2D eigenvalue weighted by atomic mass is 32.2. The van der Waals surface area contributed by atoms with E-state index in [-0.39, 0.29) is 17.1 Å². The zero-order valence-electron chi connectivity index (χ0n) is 19.7. The number of benzene rings is 3. The first-order valence-corrected chi connectivity index (χ1v) is 13.2. The Morgan fingerprint density at radius 3 is 2.37 bits per heavy atom. The first-order valence-electron chi connectivity index (χ1n) is 11.8. The summed E-state index contributed by atoms with van der Waals surface area (Å²) in [7, 11) is -4.02. The summed E-state index contributed by atoms with van der Waals surface area (Å²) in [5.74, 6) is -0.264. The van der Waals surface area contributed by atoms with Gasteiger partial charge in [0.25, 0.3) is 10.0 Å². The summed E-state index contributed by atoms with van der Waals surface area (Å²) in [5, 5.41) is 2.81. The van der Waals surface area contributed by atoms with Gasteiger partial charge in [0.2, 0.25) is 5.91 Å². The van der Waals surface area contributed by atoms with Crippen molar-refractivity contribution in [3.63, 3.8) is 0 Å². The summed E-state index contributed by atoms with van der Waals surface area (Å²) in [4.78, 5) is 15.2. The first kappa shape index (κ1) is 24.7. The maximum Gasteiger partial charge on any atom is 0.264 e. The van der Waals surface area contributed by atoms with Gasteiger partial charge in [-0.1, -0.05) is 37.3 Å². The highest BCUT2D eigenvalue weighted by Crippen LogP contribution is 2.25. The van der Waals surface area contributed by atoms with Crippen LogP contribution in [0.15, 0.2) is 83.8 Å². The highest BCUT2D eigenvalue weighted by molar-refractivity contribution is 7.92. The normalized spacial score (nSPS) is 16.1. The Morgan fingerprint density at radius 2 is 1.71 bits per heavy atom. The number of carbonyl (C=O) groups is 1. The number of hydrogen-bond donors (Lipinski definition) is 1. The molecule has 0 aromatic heterocycles. The second kappa shape index (κ2) is 10.9. The van der Waals surface area contributed by atoms with Crippen molar-refractivity contribution in [3.05, 3.63) is 90.2 Å². The van der Waals surface area contributed by atoms with Crippen LogP contribution < -0.4 is 14.5 Å². The molecule has 1 N–H and O–H groups in total. The average Bonchev–Trinajstić information content (AvgIpc) is 2.87. The third-order valence-electron chi connectivity index (χ3n) is 6.18. The number of nitrogens with zero attached hydrogens (tertiary/aromatic N) is 2. The number of halogens is 1. The van der Waals surface area contributed by atoms with E-state index in [4.69, 9.17) is 0 Å². The lowest BCUT2D eigenvalue weighted by Gasteiger charge is -2.32. The molecule has 0 spiro atoms. The molecule has 3 aromatic rings. The molecule has 4 rings (SSSR count). The van der Waals surface area contributed by atoms with Crippen LogP contribution in [0.25, 0.3) is 0 Å². The molecule has 184 valence electrons. The predicted molar refractivity (Wildman–Crippen MR) is 136 cm³/mol. The van der Waals surface area contributed by atoms with Crippen LogP contribution in [0.5, 0.6) is 0 Å². The lowest BCUT2D eigenvalue weighted by Crippen LogP contribution is -2.40. The Bertz CT molecular complexity index is 1230. The molecule has 1 fully saturated rings. The van der Waals surface area contributed by atoms with Crippen LogP contribution >= 0.6 is 0 Å². The SMILES string of the molecule is CC1CCCN(c2ccc(CNC(=O)CN(c3ccc(F)cc3)S(=O)(=O)c3ccccc3)cc2)C1. The lowest BCUT2D eigenvalue weighted by atomic mass is 9.99. The van der Waals surface area contributed by atoms with E-state index in [1.807, 2.05) is 12.1 Å². The van der Waals surface area contributed by atoms with Crippen molar-refractivity contribution in [2.45, 2.75) is 31.2 Å². The predicted octanol–water partition coefficient (Wildman–Crippen LogP) is 4.57. The van der Waals surface area contributed by atoms with Crippen molar-refractivity contribution >= 4 is 27.3 Å². The summed E-state index contributed by atoms with van der Waals surface area (Å²) >= 11 is 0. The molecule has 3 aromatic carbocycles. The van der Waals surface area contributed by atoms with Gasteiger partial charge in [-0.15, -0.1) is 0 Å². The fourth-order valence-corrected chi connectivity index (χ4v) is 5.72. The molecule has 1 unspecified atom stereocenters. The smallest absolute Gasteiger partial charge is 0.264 e. The van der Waals surface area contributed by atoms with E-state index in [9.17, 15) is 17.6 Å². The summed E-state index contributed by atoms with van der Waals surface area (Å²) in [6.07, 6.45) is 2.45. The van der Waals surface area contributed by atoms with Crippen molar-refractivity contribution in [3.8, 4) is 0 Å². The zero-order chi connectivity index (χ0) is 24.8. The van der Waals surface area contributed by atoms with Gasteiger partial charge in [-0.25, -0.2) is 12.8 Å². The number of piperidine rings is 1. The number of sulfonamides is 1. The molecule has 1 heterocycles. The van der Waals surface area contributed by atoms with Crippen LogP contribution in [-0.2, 0) is 21.4 Å². The Hall–Kier alpha value is -3.39. The monoisotopic (exact) mass is 495 g/mol. The molecule has 1 amide bonds. The van der Waals surface area contributed by atoms with Crippen LogP contribution in [0.4, 0.5) is 15.8 Å². The van der Waals surface area contributed by atoms with E-state index in [1.54, 1.807) is 18.2 Å². The number of amides is 1. The molecular formula is C27H30FN3O3S. The van der Waals surface area contributed by atoms with Crippen molar-refractivity contribution in [2.75, 3.05) is 28.8 Å². The molecular weight excluding hydrogens is 465 g/mol. The minimum Gasteiger partial charge on any atom is -0.371 e. The third-order valence-corrected chi connectivity index (χ3v) is 7.97. The molecule has 6 nitrogen and oxygen atoms in total. The van der Waals surface area contributed by atoms with Crippen LogP contribution in [-0.4, -0.2) is 34.0 Å². The molecule has 1 atom stereocenters. The van der Waals surface area contributed by atoms with Gasteiger partial charge >= 0.3 is 0 Å². The summed E-state index contributed by atoms with van der Waals surface area (Å²) in [6.45, 7) is 4.22. The second-order valence-electron chi connectivity index (χ2n) is 8.94. The molecule has 1 aliphatic rings. The van der Waals surface area contributed by atoms with Crippen LogP contribution in [0.2, 0.25) is 0 Å². The maximum atomic E-state index is 13.5. The van der Waals surface area contributed by atoms with Gasteiger partial charge in [0.15, 0.2) is 0 Å². The van der Waals surface area contributed by atoms with Crippen LogP contribution in [0.3, 0.4) is 0 Å². The quantitative estimate of drug-likeness (QED) is 0.497. The number of rotatable bonds is 8. The molecule has 1 saturated heterocycles. The highest BCUT2D eigenvalue weighted by Gasteiger charge is 2.27. The summed E-state index contributed by atoms with van der Waals surface area (Å²) in [5.41, 5.74) is 2.31. The van der Waals surface area contributed by atoms with E-state index in [0.717, 1.165) is 23.0 Å². The topological polar surface area (TPSA) is 69.7 Å². The Balaban J connectivity index is 1.44. The average molecular weight is 496 g/mol.